The molecule has 0 aliphatic carbocycles. The van der Waals surface area contributed by atoms with Crippen molar-refractivity contribution >= 4 is 31.0 Å². The van der Waals surface area contributed by atoms with Gasteiger partial charge in [0.2, 0.25) is 0 Å². The Morgan fingerprint density at radius 3 is 2.82 bits per heavy atom. The first kappa shape index (κ1) is 8.98. The van der Waals surface area contributed by atoms with E-state index < -0.39 is 13.9 Å². The number of ketones is 1. The number of carbonyl (C=O) groups excluding carboxylic acids is 1. The predicted octanol–water partition coefficient (Wildman–Crippen LogP) is 2.69. The molecule has 1 nitrogen and oxygen atoms in total. The molecule has 0 aromatic carbocycles. The van der Waals surface area contributed by atoms with E-state index in [-0.39, 0.29) is 0 Å². The Bertz CT molecular complexity index is 228. The third kappa shape index (κ3) is 2.78. The summed E-state index contributed by atoms with van der Waals surface area (Å²) in [5.41, 5.74) is 0. The fourth-order valence-electron chi connectivity index (χ4n) is 0.771. The molecule has 0 saturated carbocycles. The Kier molecular flexibility index (Phi) is 3.31. The van der Waals surface area contributed by atoms with Gasteiger partial charge in [-0.3, -0.25) is 0 Å². The zero-order valence-corrected chi connectivity index (χ0v) is 9.19. The maximum atomic E-state index is 11.4. The van der Waals surface area contributed by atoms with E-state index in [4.69, 9.17) is 0 Å². The van der Waals surface area contributed by atoms with Gasteiger partial charge in [0, 0.05) is 0 Å². The summed E-state index contributed by atoms with van der Waals surface area (Å²) in [4.78, 5) is 12.3. The van der Waals surface area contributed by atoms with Gasteiger partial charge in [0.25, 0.3) is 0 Å². The van der Waals surface area contributed by atoms with Crippen LogP contribution in [0.2, 0.25) is 17.0 Å². The van der Waals surface area contributed by atoms with Crippen molar-refractivity contribution in [2.75, 3.05) is 0 Å². The average Bonchev–Trinajstić information content (AvgIpc) is 2.35. The summed E-state index contributed by atoms with van der Waals surface area (Å²) >= 11 is 0.945. The second-order valence-corrected chi connectivity index (χ2v) is 8.22. The molecule has 0 fully saturated rings. The molecule has 3 heteroatoms. The van der Waals surface area contributed by atoms with Gasteiger partial charge >= 0.3 is 75.2 Å². The minimum atomic E-state index is -0.598. The number of hydrogen-bond acceptors (Lipinski definition) is 2. The van der Waals surface area contributed by atoms with E-state index in [2.05, 4.69) is 11.6 Å². The van der Waals surface area contributed by atoms with Gasteiger partial charge in [0.15, 0.2) is 0 Å². The van der Waals surface area contributed by atoms with E-state index in [0.717, 1.165) is 10.2 Å². The van der Waals surface area contributed by atoms with Gasteiger partial charge in [-0.05, 0) is 0 Å². The molecule has 60 valence electrons. The predicted molar refractivity (Wildman–Crippen MR) is 50.9 cm³/mol. The molecule has 0 aliphatic rings. The third-order valence-electron chi connectivity index (χ3n) is 1.22. The Balaban J connectivity index is 2.57. The third-order valence-corrected chi connectivity index (χ3v) is 3.89. The van der Waals surface area contributed by atoms with Gasteiger partial charge in [-0.25, -0.2) is 0 Å². The van der Waals surface area contributed by atoms with E-state index >= 15 is 0 Å². The molecule has 0 bridgehead atoms. The van der Waals surface area contributed by atoms with Crippen LogP contribution in [0.5, 0.6) is 0 Å². The number of thiophene rings is 1. The van der Waals surface area contributed by atoms with Gasteiger partial charge in [0.05, 0.1) is 0 Å². The van der Waals surface area contributed by atoms with E-state index in [9.17, 15) is 4.79 Å². The molecule has 1 aromatic rings. The van der Waals surface area contributed by atoms with Crippen LogP contribution >= 0.6 is 11.3 Å². The van der Waals surface area contributed by atoms with Crippen molar-refractivity contribution in [3.8, 4) is 0 Å². The monoisotopic (exact) mass is 235 g/mol. The second-order valence-electron chi connectivity index (χ2n) is 2.53. The molecule has 0 amide bonds. The minimum absolute atomic E-state index is 0.329. The van der Waals surface area contributed by atoms with Gasteiger partial charge < -0.3 is 0 Å². The molecule has 0 N–H and O–H groups in total. The Morgan fingerprint density at radius 2 is 2.36 bits per heavy atom. The summed E-state index contributed by atoms with van der Waals surface area (Å²) in [7, 11) is 0. The molecule has 0 spiro atoms. The summed E-state index contributed by atoms with van der Waals surface area (Å²) < 4.78 is 0. The van der Waals surface area contributed by atoms with Crippen molar-refractivity contribution in [1.82, 2.24) is 0 Å². The summed E-state index contributed by atoms with van der Waals surface area (Å²) in [5, 5.41) is 2.74. The van der Waals surface area contributed by atoms with Crippen LogP contribution in [-0.2, 0) is 0 Å². The fourth-order valence-corrected chi connectivity index (χ4v) is 3.07. The zero-order valence-electron chi connectivity index (χ0n) is 6.66. The molecule has 1 heterocycles. The standard InChI is InChI=1S/C8H11OSSe/c1-11(2)6-7(9)8-4-3-5-10-8/h3-5H,6H2,1-2H3/q+1. The van der Waals surface area contributed by atoms with Crippen LogP contribution in [0.15, 0.2) is 17.5 Å². The molecule has 1 rings (SSSR count). The molecule has 11 heavy (non-hydrogen) atoms. The maximum absolute atomic E-state index is 11.4. The first-order valence-electron chi connectivity index (χ1n) is 3.31. The molecule has 0 saturated heterocycles. The van der Waals surface area contributed by atoms with Gasteiger partial charge in [-0.15, -0.1) is 0 Å². The Labute approximate surface area is 75.3 Å². The van der Waals surface area contributed by atoms with Crippen LogP contribution in [0.3, 0.4) is 0 Å². The van der Waals surface area contributed by atoms with E-state index in [0.29, 0.717) is 5.78 Å². The molecule has 0 aliphatic heterocycles. The van der Waals surface area contributed by atoms with Crippen molar-refractivity contribution in [2.45, 2.75) is 17.0 Å². The van der Waals surface area contributed by atoms with E-state index in [1.807, 2.05) is 17.5 Å². The number of hydrogen-bond donors (Lipinski definition) is 0. The quantitative estimate of drug-likeness (QED) is 0.580. The zero-order chi connectivity index (χ0) is 8.27. The van der Waals surface area contributed by atoms with Crippen LogP contribution in [0.1, 0.15) is 9.67 Å². The van der Waals surface area contributed by atoms with Gasteiger partial charge in [0.1, 0.15) is 0 Å². The Morgan fingerprint density at radius 1 is 1.64 bits per heavy atom. The van der Waals surface area contributed by atoms with Crippen LogP contribution in [-0.4, -0.2) is 19.7 Å². The summed E-state index contributed by atoms with van der Waals surface area (Å²) in [6.07, 6.45) is 0. The number of Topliss-reactive ketones (excluding diaryl/α,β-unsaturated/α-hetero) is 1. The van der Waals surface area contributed by atoms with Crippen LogP contribution < -0.4 is 0 Å². The normalized spacial score (nSPS) is 10.5. The average molecular weight is 234 g/mol. The van der Waals surface area contributed by atoms with Crippen molar-refractivity contribution in [1.29, 1.82) is 0 Å². The molecular formula is C8H11OSSe+. The molecule has 1 aromatic heterocycles. The molecule has 0 atom stereocenters. The summed E-state index contributed by atoms with van der Waals surface area (Å²) in [6, 6.07) is 3.83. The van der Waals surface area contributed by atoms with Crippen LogP contribution in [0.4, 0.5) is 0 Å². The van der Waals surface area contributed by atoms with E-state index in [1.54, 1.807) is 11.3 Å². The van der Waals surface area contributed by atoms with Crippen molar-refractivity contribution in [3.63, 3.8) is 0 Å². The molecule has 0 radical (unpaired) electrons. The number of rotatable bonds is 3. The summed E-state index contributed by atoms with van der Waals surface area (Å²) in [6.45, 7) is 0. The topological polar surface area (TPSA) is 17.1 Å². The van der Waals surface area contributed by atoms with Crippen LogP contribution in [0.25, 0.3) is 0 Å². The molecular weight excluding hydrogens is 223 g/mol. The first-order valence-corrected chi connectivity index (χ1v) is 8.83. The van der Waals surface area contributed by atoms with Gasteiger partial charge in [-0.1, -0.05) is 0 Å². The van der Waals surface area contributed by atoms with E-state index in [1.165, 1.54) is 0 Å². The Hall–Kier alpha value is -0.111. The number of carbonyl (C=O) groups is 1. The fraction of sp³-hybridized carbons (Fsp3) is 0.375. The van der Waals surface area contributed by atoms with Gasteiger partial charge in [-0.2, -0.15) is 0 Å². The molecule has 0 unspecified atom stereocenters. The second kappa shape index (κ2) is 4.05. The van der Waals surface area contributed by atoms with Crippen molar-refractivity contribution < 1.29 is 4.79 Å². The van der Waals surface area contributed by atoms with Crippen molar-refractivity contribution in [3.05, 3.63) is 22.4 Å². The van der Waals surface area contributed by atoms with Crippen LogP contribution in [0, 0.1) is 0 Å². The SMILES string of the molecule is C[Se+](C)CC(=O)c1cccs1. The first-order chi connectivity index (χ1) is 5.20. The summed E-state index contributed by atoms with van der Waals surface area (Å²) in [5.74, 6) is 4.70. The van der Waals surface area contributed by atoms with Crippen molar-refractivity contribution in [2.24, 2.45) is 0 Å².